The molecular weight excluding hydrogens is 226 g/mol. The molecule has 0 aliphatic heterocycles. The number of likely N-dealkylation sites (N-methyl/N-ethyl adjacent to an activating group) is 1. The van der Waals surface area contributed by atoms with Crippen molar-refractivity contribution in [2.75, 3.05) is 7.05 Å². The van der Waals surface area contributed by atoms with Gasteiger partial charge in [0.15, 0.2) is 0 Å². The summed E-state index contributed by atoms with van der Waals surface area (Å²) in [5.74, 6) is -3.89. The molecule has 1 aliphatic rings. The highest BCUT2D eigenvalue weighted by molar-refractivity contribution is 5.93. The molecule has 2 N–H and O–H groups in total. The highest BCUT2D eigenvalue weighted by atomic mass is 16.4. The van der Waals surface area contributed by atoms with Crippen LogP contribution in [0.25, 0.3) is 0 Å². The zero-order chi connectivity index (χ0) is 13.5. The maximum absolute atomic E-state index is 12.0. The Kier molecular flexibility index (Phi) is 3.18. The first kappa shape index (κ1) is 13.5. The molecule has 6 nitrogen and oxygen atoms in total. The predicted octanol–water partition coefficient (Wildman–Crippen LogP) is 0.275. The molecule has 0 aromatic heterocycles. The van der Waals surface area contributed by atoms with Crippen molar-refractivity contribution in [3.8, 4) is 0 Å². The van der Waals surface area contributed by atoms with Gasteiger partial charge in [-0.1, -0.05) is 13.8 Å². The molecule has 6 heteroatoms. The van der Waals surface area contributed by atoms with Crippen LogP contribution in [0.3, 0.4) is 0 Å². The number of carboxylic acids is 2. The second kappa shape index (κ2) is 4.01. The van der Waals surface area contributed by atoms with Crippen LogP contribution < -0.4 is 0 Å². The van der Waals surface area contributed by atoms with Crippen LogP contribution in [0.1, 0.15) is 20.8 Å². The first-order chi connectivity index (χ1) is 7.62. The van der Waals surface area contributed by atoms with Crippen molar-refractivity contribution in [1.82, 2.24) is 4.90 Å². The molecule has 1 aliphatic carbocycles. The van der Waals surface area contributed by atoms with Crippen LogP contribution in [0, 0.1) is 17.3 Å². The molecule has 96 valence electrons. The number of hydrogen-bond donors (Lipinski definition) is 2. The maximum atomic E-state index is 12.0. The van der Waals surface area contributed by atoms with Gasteiger partial charge in [0.2, 0.25) is 5.91 Å². The van der Waals surface area contributed by atoms with E-state index >= 15 is 0 Å². The molecule has 0 bridgehead atoms. The highest BCUT2D eigenvalue weighted by Gasteiger charge is 2.66. The highest BCUT2D eigenvalue weighted by Crippen LogP contribution is 2.59. The van der Waals surface area contributed by atoms with Crippen molar-refractivity contribution in [3.05, 3.63) is 0 Å². The minimum atomic E-state index is -1.11. The van der Waals surface area contributed by atoms with Gasteiger partial charge in [0.25, 0.3) is 0 Å². The third-order valence-corrected chi connectivity index (χ3v) is 3.65. The van der Waals surface area contributed by atoms with Crippen molar-refractivity contribution in [2.24, 2.45) is 17.3 Å². The van der Waals surface area contributed by atoms with Gasteiger partial charge in [0.1, 0.15) is 6.04 Å². The predicted molar refractivity (Wildman–Crippen MR) is 58.3 cm³/mol. The van der Waals surface area contributed by atoms with E-state index in [9.17, 15) is 14.4 Å². The van der Waals surface area contributed by atoms with E-state index in [1.165, 1.54) is 14.0 Å². The number of hydrogen-bond acceptors (Lipinski definition) is 3. The van der Waals surface area contributed by atoms with Gasteiger partial charge in [-0.3, -0.25) is 9.59 Å². The zero-order valence-corrected chi connectivity index (χ0v) is 10.3. The second-order valence-corrected chi connectivity index (χ2v) is 5.08. The van der Waals surface area contributed by atoms with E-state index in [-0.39, 0.29) is 0 Å². The molecule has 0 heterocycles. The minimum absolute atomic E-state index is 0.419. The van der Waals surface area contributed by atoms with E-state index in [0.29, 0.717) is 0 Å². The number of nitrogens with zero attached hydrogens (tertiary/aromatic N) is 1. The zero-order valence-electron chi connectivity index (χ0n) is 10.3. The average Bonchev–Trinajstić information content (AvgIpc) is 2.78. The lowest BCUT2D eigenvalue weighted by Crippen LogP contribution is -2.41. The number of carbonyl (C=O) groups is 3. The molecule has 1 fully saturated rings. The van der Waals surface area contributed by atoms with Gasteiger partial charge in [0, 0.05) is 7.05 Å². The standard InChI is InChI=1S/C11H17NO5/c1-5(9(14)15)12(4)8(13)6-7(10(16)17)11(6,2)3/h5-7H,1-4H3,(H,14,15)(H,16,17)/t5?,6-,7+/m0/s1. The molecule has 1 unspecified atom stereocenters. The monoisotopic (exact) mass is 243 g/mol. The fourth-order valence-electron chi connectivity index (χ4n) is 2.14. The molecule has 0 spiro atoms. The molecule has 0 radical (unpaired) electrons. The van der Waals surface area contributed by atoms with E-state index in [1.807, 2.05) is 0 Å². The third-order valence-electron chi connectivity index (χ3n) is 3.65. The van der Waals surface area contributed by atoms with Crippen LogP contribution in [-0.4, -0.2) is 46.0 Å². The Labute approximate surface area is 99.2 Å². The van der Waals surface area contributed by atoms with Crippen molar-refractivity contribution < 1.29 is 24.6 Å². The largest absolute Gasteiger partial charge is 0.481 e. The fourth-order valence-corrected chi connectivity index (χ4v) is 2.14. The van der Waals surface area contributed by atoms with Crippen molar-refractivity contribution >= 4 is 17.8 Å². The second-order valence-electron chi connectivity index (χ2n) is 5.08. The summed E-state index contributed by atoms with van der Waals surface area (Å²) in [5, 5.41) is 17.7. The quantitative estimate of drug-likeness (QED) is 0.739. The molecule has 0 saturated heterocycles. The lowest BCUT2D eigenvalue weighted by Gasteiger charge is -2.22. The summed E-state index contributed by atoms with van der Waals surface area (Å²) in [5.41, 5.74) is -0.602. The Morgan fingerprint density at radius 2 is 1.65 bits per heavy atom. The Hall–Kier alpha value is -1.59. The summed E-state index contributed by atoms with van der Waals surface area (Å²) in [7, 11) is 1.38. The van der Waals surface area contributed by atoms with Gasteiger partial charge >= 0.3 is 11.9 Å². The van der Waals surface area contributed by atoms with Crippen LogP contribution in [-0.2, 0) is 14.4 Å². The van der Waals surface area contributed by atoms with E-state index < -0.39 is 41.1 Å². The lowest BCUT2D eigenvalue weighted by atomic mass is 10.1. The maximum Gasteiger partial charge on any atom is 0.326 e. The van der Waals surface area contributed by atoms with Gasteiger partial charge in [-0.05, 0) is 12.3 Å². The molecule has 0 aromatic carbocycles. The minimum Gasteiger partial charge on any atom is -0.481 e. The van der Waals surface area contributed by atoms with E-state index in [0.717, 1.165) is 4.90 Å². The molecule has 1 amide bonds. The van der Waals surface area contributed by atoms with Gasteiger partial charge < -0.3 is 15.1 Å². The lowest BCUT2D eigenvalue weighted by molar-refractivity contribution is -0.149. The Bertz CT molecular complexity index is 376. The van der Waals surface area contributed by atoms with Crippen LogP contribution in [0.15, 0.2) is 0 Å². The topological polar surface area (TPSA) is 94.9 Å². The summed E-state index contributed by atoms with van der Waals surface area (Å²) in [4.78, 5) is 34.8. The van der Waals surface area contributed by atoms with Crippen molar-refractivity contribution in [1.29, 1.82) is 0 Å². The van der Waals surface area contributed by atoms with Crippen LogP contribution in [0.5, 0.6) is 0 Å². The Morgan fingerprint density at radius 1 is 1.18 bits per heavy atom. The molecule has 17 heavy (non-hydrogen) atoms. The molecule has 1 saturated carbocycles. The normalized spacial score (nSPS) is 27.1. The number of rotatable bonds is 4. The van der Waals surface area contributed by atoms with Crippen molar-refractivity contribution in [2.45, 2.75) is 26.8 Å². The molecule has 1 rings (SSSR count). The van der Waals surface area contributed by atoms with Gasteiger partial charge in [-0.2, -0.15) is 0 Å². The van der Waals surface area contributed by atoms with Gasteiger partial charge in [0.05, 0.1) is 11.8 Å². The summed E-state index contributed by atoms with van der Waals surface area (Å²) >= 11 is 0. The smallest absolute Gasteiger partial charge is 0.326 e. The van der Waals surface area contributed by atoms with E-state index in [1.54, 1.807) is 13.8 Å². The SMILES string of the molecule is CC(C(=O)O)N(C)C(=O)[C@@H]1[C@H](C(=O)O)C1(C)C. The van der Waals surface area contributed by atoms with Crippen LogP contribution in [0.2, 0.25) is 0 Å². The first-order valence-corrected chi connectivity index (χ1v) is 5.34. The molecule has 0 aromatic rings. The van der Waals surface area contributed by atoms with Crippen molar-refractivity contribution in [3.63, 3.8) is 0 Å². The summed E-state index contributed by atoms with van der Waals surface area (Å²) in [6.07, 6.45) is 0. The summed E-state index contributed by atoms with van der Waals surface area (Å²) < 4.78 is 0. The summed E-state index contributed by atoms with van der Waals surface area (Å²) in [6, 6.07) is -0.951. The van der Waals surface area contributed by atoms with Gasteiger partial charge in [-0.15, -0.1) is 0 Å². The summed E-state index contributed by atoms with van der Waals surface area (Å²) in [6.45, 7) is 4.80. The molecule has 3 atom stereocenters. The number of aliphatic carboxylic acids is 2. The van der Waals surface area contributed by atoms with E-state index in [2.05, 4.69) is 0 Å². The number of carbonyl (C=O) groups excluding carboxylic acids is 1. The van der Waals surface area contributed by atoms with Crippen LogP contribution in [0.4, 0.5) is 0 Å². The van der Waals surface area contributed by atoms with E-state index in [4.69, 9.17) is 10.2 Å². The molecular formula is C11H17NO5. The Balaban J connectivity index is 2.80. The number of carboxylic acid groups (broad SMARTS) is 2. The fraction of sp³-hybridized carbons (Fsp3) is 0.727. The Morgan fingerprint density at radius 3 is 1.94 bits per heavy atom. The van der Waals surface area contributed by atoms with Gasteiger partial charge in [-0.25, -0.2) is 4.79 Å². The third kappa shape index (κ3) is 2.11. The van der Waals surface area contributed by atoms with Crippen LogP contribution >= 0.6 is 0 Å². The number of amides is 1. The first-order valence-electron chi connectivity index (χ1n) is 5.34. The average molecular weight is 243 g/mol.